The van der Waals surface area contributed by atoms with Crippen LogP contribution < -0.4 is 10.6 Å². The summed E-state index contributed by atoms with van der Waals surface area (Å²) in [6.45, 7) is 11.6. The molecule has 0 unspecified atom stereocenters. The summed E-state index contributed by atoms with van der Waals surface area (Å²) in [4.78, 5) is 18.5. The Morgan fingerprint density at radius 3 is 2.54 bits per heavy atom. The molecule has 1 amide bonds. The number of hydrogen-bond acceptors (Lipinski definition) is 5. The Hall–Kier alpha value is -2.25. The fourth-order valence-electron chi connectivity index (χ4n) is 2.95. The first kappa shape index (κ1) is 22.0. The Balaban J connectivity index is 1.85. The molecule has 0 atom stereocenters. The number of aromatic nitrogens is 1. The molecule has 1 aliphatic carbocycles. The monoisotopic (exact) mass is 393 g/mol. The summed E-state index contributed by atoms with van der Waals surface area (Å²) >= 11 is 0. The van der Waals surface area contributed by atoms with Crippen molar-refractivity contribution < 1.29 is 14.1 Å². The minimum Gasteiger partial charge on any atom is -0.444 e. The van der Waals surface area contributed by atoms with E-state index in [0.29, 0.717) is 31.6 Å². The van der Waals surface area contributed by atoms with E-state index in [0.717, 1.165) is 42.7 Å². The summed E-state index contributed by atoms with van der Waals surface area (Å²) in [7, 11) is 1.73. The lowest BCUT2D eigenvalue weighted by Crippen LogP contribution is -2.45. The van der Waals surface area contributed by atoms with Crippen LogP contribution in [0.1, 0.15) is 64.5 Å². The molecule has 2 rings (SSSR count). The van der Waals surface area contributed by atoms with Crippen molar-refractivity contribution in [3.05, 3.63) is 17.0 Å². The van der Waals surface area contributed by atoms with Crippen molar-refractivity contribution in [1.29, 1.82) is 0 Å². The average Bonchev–Trinajstić information content (AvgIpc) is 3.38. The second-order valence-electron chi connectivity index (χ2n) is 8.00. The number of aliphatic imine (C=N–C) groups is 1. The molecule has 0 aliphatic heterocycles. The second kappa shape index (κ2) is 9.80. The van der Waals surface area contributed by atoms with Gasteiger partial charge in [-0.1, -0.05) is 19.0 Å². The van der Waals surface area contributed by atoms with Crippen LogP contribution in [0.4, 0.5) is 4.79 Å². The van der Waals surface area contributed by atoms with E-state index in [1.807, 2.05) is 25.7 Å². The first-order valence-corrected chi connectivity index (χ1v) is 10.2. The van der Waals surface area contributed by atoms with Crippen molar-refractivity contribution in [2.24, 2.45) is 4.99 Å². The molecule has 1 aromatic heterocycles. The Morgan fingerprint density at radius 1 is 1.29 bits per heavy atom. The third kappa shape index (κ3) is 6.42. The standard InChI is InChI=1S/C20H35N5O3/c1-7-16-15(17(8-2)28-24-16)13-23-18(21-6)22-11-12-25(14-9-10-14)19(26)27-20(3,4)5/h14H,7-13H2,1-6H3,(H2,21,22,23). The van der Waals surface area contributed by atoms with Gasteiger partial charge >= 0.3 is 6.09 Å². The maximum absolute atomic E-state index is 12.4. The van der Waals surface area contributed by atoms with Crippen molar-refractivity contribution in [2.45, 2.75) is 78.5 Å². The summed E-state index contributed by atoms with van der Waals surface area (Å²) in [5.41, 5.74) is 1.59. The highest BCUT2D eigenvalue weighted by atomic mass is 16.6. The fraction of sp³-hybridized carbons (Fsp3) is 0.750. The van der Waals surface area contributed by atoms with Gasteiger partial charge in [-0.15, -0.1) is 0 Å². The van der Waals surface area contributed by atoms with Crippen LogP contribution in [0.2, 0.25) is 0 Å². The maximum Gasteiger partial charge on any atom is 0.410 e. The molecule has 28 heavy (non-hydrogen) atoms. The first-order chi connectivity index (χ1) is 13.3. The normalized spacial score (nSPS) is 14.7. The lowest BCUT2D eigenvalue weighted by Gasteiger charge is -2.27. The number of hydrogen-bond donors (Lipinski definition) is 2. The largest absolute Gasteiger partial charge is 0.444 e. The molecule has 8 nitrogen and oxygen atoms in total. The van der Waals surface area contributed by atoms with Crippen molar-refractivity contribution in [3.8, 4) is 0 Å². The van der Waals surface area contributed by atoms with E-state index in [9.17, 15) is 4.79 Å². The number of ether oxygens (including phenoxy) is 1. The predicted molar refractivity (Wildman–Crippen MR) is 109 cm³/mol. The van der Waals surface area contributed by atoms with Gasteiger partial charge < -0.3 is 24.8 Å². The zero-order valence-electron chi connectivity index (χ0n) is 18.1. The predicted octanol–water partition coefficient (Wildman–Crippen LogP) is 2.86. The van der Waals surface area contributed by atoms with Gasteiger partial charge in [-0.3, -0.25) is 4.99 Å². The zero-order valence-corrected chi connectivity index (χ0v) is 18.1. The minimum absolute atomic E-state index is 0.246. The summed E-state index contributed by atoms with van der Waals surface area (Å²) in [6, 6.07) is 0.294. The third-order valence-corrected chi connectivity index (χ3v) is 4.52. The van der Waals surface area contributed by atoms with Gasteiger partial charge in [0.25, 0.3) is 0 Å². The van der Waals surface area contributed by atoms with E-state index in [2.05, 4.69) is 34.6 Å². The number of carbonyl (C=O) groups excluding carboxylic acids is 1. The minimum atomic E-state index is -0.484. The van der Waals surface area contributed by atoms with Crippen LogP contribution in [-0.4, -0.2) is 53.9 Å². The number of nitrogens with zero attached hydrogens (tertiary/aromatic N) is 3. The molecule has 0 bridgehead atoms. The second-order valence-corrected chi connectivity index (χ2v) is 8.00. The average molecular weight is 394 g/mol. The Morgan fingerprint density at radius 2 is 2.00 bits per heavy atom. The smallest absolute Gasteiger partial charge is 0.410 e. The van der Waals surface area contributed by atoms with E-state index in [-0.39, 0.29) is 6.09 Å². The lowest BCUT2D eigenvalue weighted by atomic mass is 10.1. The van der Waals surface area contributed by atoms with Crippen LogP contribution in [0.15, 0.2) is 9.52 Å². The molecule has 1 aromatic rings. The van der Waals surface area contributed by atoms with Crippen LogP contribution in [0, 0.1) is 0 Å². The van der Waals surface area contributed by atoms with Crippen molar-refractivity contribution in [1.82, 2.24) is 20.7 Å². The summed E-state index contributed by atoms with van der Waals surface area (Å²) in [5.74, 6) is 1.59. The van der Waals surface area contributed by atoms with Crippen molar-refractivity contribution in [3.63, 3.8) is 0 Å². The highest BCUT2D eigenvalue weighted by Crippen LogP contribution is 2.28. The zero-order chi connectivity index (χ0) is 20.7. The number of rotatable bonds is 8. The first-order valence-electron chi connectivity index (χ1n) is 10.2. The highest BCUT2D eigenvalue weighted by molar-refractivity contribution is 5.79. The molecule has 0 spiro atoms. The molecule has 0 aromatic carbocycles. The number of nitrogens with one attached hydrogen (secondary N) is 2. The van der Waals surface area contributed by atoms with Gasteiger partial charge in [0.1, 0.15) is 11.4 Å². The molecule has 2 N–H and O–H groups in total. The highest BCUT2D eigenvalue weighted by Gasteiger charge is 2.34. The van der Waals surface area contributed by atoms with Crippen molar-refractivity contribution >= 4 is 12.1 Å². The molecule has 1 saturated carbocycles. The van der Waals surface area contributed by atoms with Gasteiger partial charge in [0.2, 0.25) is 0 Å². The maximum atomic E-state index is 12.4. The molecule has 1 heterocycles. The van der Waals surface area contributed by atoms with E-state index >= 15 is 0 Å². The van der Waals surface area contributed by atoms with E-state index in [1.54, 1.807) is 7.05 Å². The number of guanidine groups is 1. The molecule has 158 valence electrons. The van der Waals surface area contributed by atoms with Crippen LogP contribution in [0.3, 0.4) is 0 Å². The van der Waals surface area contributed by atoms with Crippen LogP contribution in [-0.2, 0) is 24.1 Å². The summed E-state index contributed by atoms with van der Waals surface area (Å²) in [5, 5.41) is 10.7. The Kier molecular flexibility index (Phi) is 7.71. The quantitative estimate of drug-likeness (QED) is 0.521. The van der Waals surface area contributed by atoms with Gasteiger partial charge in [-0.05, 0) is 40.0 Å². The van der Waals surface area contributed by atoms with Gasteiger partial charge in [0.15, 0.2) is 5.96 Å². The molecular weight excluding hydrogens is 358 g/mol. The summed E-state index contributed by atoms with van der Waals surface area (Å²) < 4.78 is 10.9. The molecule has 0 saturated heterocycles. The molecule has 0 radical (unpaired) electrons. The van der Waals surface area contributed by atoms with Crippen molar-refractivity contribution in [2.75, 3.05) is 20.1 Å². The fourth-order valence-corrected chi connectivity index (χ4v) is 2.95. The molecule has 1 aliphatic rings. The van der Waals surface area contributed by atoms with Crippen LogP contribution >= 0.6 is 0 Å². The van der Waals surface area contributed by atoms with E-state index < -0.39 is 5.60 Å². The molecule has 1 fully saturated rings. The van der Waals surface area contributed by atoms with E-state index in [4.69, 9.17) is 9.26 Å². The van der Waals surface area contributed by atoms with Crippen LogP contribution in [0.5, 0.6) is 0 Å². The third-order valence-electron chi connectivity index (χ3n) is 4.52. The lowest BCUT2D eigenvalue weighted by molar-refractivity contribution is 0.0238. The van der Waals surface area contributed by atoms with Gasteiger partial charge in [0, 0.05) is 44.7 Å². The van der Waals surface area contributed by atoms with Gasteiger partial charge in [0.05, 0.1) is 5.69 Å². The topological polar surface area (TPSA) is 92.0 Å². The number of carbonyl (C=O) groups is 1. The van der Waals surface area contributed by atoms with E-state index in [1.165, 1.54) is 0 Å². The van der Waals surface area contributed by atoms with Gasteiger partial charge in [-0.25, -0.2) is 4.79 Å². The van der Waals surface area contributed by atoms with Crippen LogP contribution in [0.25, 0.3) is 0 Å². The SMILES string of the molecule is CCc1noc(CC)c1CNC(=NC)NCCN(C(=O)OC(C)(C)C)C1CC1. The Bertz CT molecular complexity index is 652. The number of amides is 1. The molecular formula is C20H35N5O3. The summed E-state index contributed by atoms with van der Waals surface area (Å²) in [6.07, 6.45) is 3.48. The number of aryl methyl sites for hydroxylation is 2. The molecule has 8 heteroatoms. The van der Waals surface area contributed by atoms with Gasteiger partial charge in [-0.2, -0.15) is 0 Å². The Labute approximate surface area is 168 Å².